The van der Waals surface area contributed by atoms with Crippen molar-refractivity contribution >= 4 is 11.6 Å². The van der Waals surface area contributed by atoms with E-state index in [4.69, 9.17) is 0 Å². The van der Waals surface area contributed by atoms with Crippen LogP contribution in [0.5, 0.6) is 0 Å². The highest BCUT2D eigenvalue weighted by Crippen LogP contribution is 2.27. The lowest BCUT2D eigenvalue weighted by molar-refractivity contribution is 0.0697. The van der Waals surface area contributed by atoms with E-state index in [2.05, 4.69) is 32.8 Å². The fraction of sp³-hybridized carbons (Fsp3) is 0.474. The van der Waals surface area contributed by atoms with Crippen LogP contribution in [0, 0.1) is 0 Å². The molecule has 0 unspecified atom stereocenters. The zero-order valence-electron chi connectivity index (χ0n) is 15.1. The molecule has 3 aromatic heterocycles. The van der Waals surface area contributed by atoms with Gasteiger partial charge in [0.15, 0.2) is 11.3 Å². The van der Waals surface area contributed by atoms with Crippen LogP contribution in [0.1, 0.15) is 54.8 Å². The van der Waals surface area contributed by atoms with E-state index in [0.29, 0.717) is 17.9 Å². The maximum Gasteiger partial charge on any atom is 0.274 e. The third kappa shape index (κ3) is 3.21. The third-order valence-corrected chi connectivity index (χ3v) is 5.03. The van der Waals surface area contributed by atoms with Gasteiger partial charge in [0.05, 0.1) is 0 Å². The SMILES string of the molecule is CCCCn1ccnc1[C@@H]1CCCN(C(=O)c2cc3ncccn3n2)C1. The summed E-state index contributed by atoms with van der Waals surface area (Å²) >= 11 is 0. The number of aryl methyl sites for hydroxylation is 1. The van der Waals surface area contributed by atoms with Gasteiger partial charge in [0.25, 0.3) is 5.91 Å². The number of likely N-dealkylation sites (tertiary alicyclic amines) is 1. The lowest BCUT2D eigenvalue weighted by atomic mass is 9.96. The summed E-state index contributed by atoms with van der Waals surface area (Å²) in [6.45, 7) is 4.66. The molecule has 26 heavy (non-hydrogen) atoms. The lowest BCUT2D eigenvalue weighted by Gasteiger charge is -2.32. The van der Waals surface area contributed by atoms with Crippen molar-refractivity contribution < 1.29 is 4.79 Å². The molecule has 0 N–H and O–H groups in total. The minimum atomic E-state index is -0.0214. The number of hydrogen-bond acceptors (Lipinski definition) is 4. The zero-order chi connectivity index (χ0) is 17.9. The second-order valence-corrected chi connectivity index (χ2v) is 6.87. The van der Waals surface area contributed by atoms with Crippen molar-refractivity contribution in [2.75, 3.05) is 13.1 Å². The first-order chi connectivity index (χ1) is 12.8. The van der Waals surface area contributed by atoms with Crippen LogP contribution in [0.25, 0.3) is 5.65 Å². The molecular formula is C19H24N6O. The van der Waals surface area contributed by atoms with Crippen LogP contribution < -0.4 is 0 Å². The van der Waals surface area contributed by atoms with Crippen LogP contribution in [0.15, 0.2) is 36.9 Å². The Labute approximate surface area is 152 Å². The summed E-state index contributed by atoms with van der Waals surface area (Å²) in [5.41, 5.74) is 1.15. The van der Waals surface area contributed by atoms with E-state index in [0.717, 1.165) is 44.6 Å². The van der Waals surface area contributed by atoms with Crippen molar-refractivity contribution in [3.8, 4) is 0 Å². The maximum atomic E-state index is 12.9. The summed E-state index contributed by atoms with van der Waals surface area (Å²) < 4.78 is 3.89. The number of hydrogen-bond donors (Lipinski definition) is 0. The second-order valence-electron chi connectivity index (χ2n) is 6.87. The molecule has 3 aromatic rings. The van der Waals surface area contributed by atoms with Gasteiger partial charge in [-0.2, -0.15) is 5.10 Å². The first kappa shape index (κ1) is 16.8. The lowest BCUT2D eigenvalue weighted by Crippen LogP contribution is -2.40. The number of fused-ring (bicyclic) bond motifs is 1. The van der Waals surface area contributed by atoms with Gasteiger partial charge in [-0.15, -0.1) is 0 Å². The Morgan fingerprint density at radius 3 is 3.04 bits per heavy atom. The molecule has 0 radical (unpaired) electrons. The Bertz CT molecular complexity index is 865. The van der Waals surface area contributed by atoms with E-state index >= 15 is 0 Å². The maximum absolute atomic E-state index is 12.9. The van der Waals surface area contributed by atoms with Crippen LogP contribution in [0.2, 0.25) is 0 Å². The summed E-state index contributed by atoms with van der Waals surface area (Å²) in [5.74, 6) is 1.37. The topological polar surface area (TPSA) is 68.3 Å². The highest BCUT2D eigenvalue weighted by atomic mass is 16.2. The van der Waals surface area contributed by atoms with Crippen LogP contribution >= 0.6 is 0 Å². The van der Waals surface area contributed by atoms with Gasteiger partial charge in [-0.25, -0.2) is 14.5 Å². The van der Waals surface area contributed by atoms with Gasteiger partial charge >= 0.3 is 0 Å². The number of nitrogens with zero attached hydrogens (tertiary/aromatic N) is 6. The normalized spacial score (nSPS) is 17.7. The summed E-state index contributed by atoms with van der Waals surface area (Å²) in [5, 5.41) is 4.38. The first-order valence-electron chi connectivity index (χ1n) is 9.37. The molecule has 1 amide bonds. The summed E-state index contributed by atoms with van der Waals surface area (Å²) in [7, 11) is 0. The van der Waals surface area contributed by atoms with E-state index in [1.807, 2.05) is 17.3 Å². The minimum absolute atomic E-state index is 0.0214. The van der Waals surface area contributed by atoms with Gasteiger partial charge in [-0.1, -0.05) is 13.3 Å². The van der Waals surface area contributed by atoms with Crippen molar-refractivity contribution in [1.29, 1.82) is 0 Å². The summed E-state index contributed by atoms with van der Waals surface area (Å²) in [6, 6.07) is 3.56. The Kier molecular flexibility index (Phi) is 4.69. The van der Waals surface area contributed by atoms with Gasteiger partial charge in [0.2, 0.25) is 0 Å². The third-order valence-electron chi connectivity index (χ3n) is 5.03. The zero-order valence-corrected chi connectivity index (χ0v) is 15.1. The first-order valence-corrected chi connectivity index (χ1v) is 9.37. The Hall–Kier alpha value is -2.70. The van der Waals surface area contributed by atoms with E-state index in [-0.39, 0.29) is 11.8 Å². The molecule has 4 heterocycles. The number of rotatable bonds is 5. The fourth-order valence-electron chi connectivity index (χ4n) is 3.67. The molecule has 1 aliphatic heterocycles. The molecular weight excluding hydrogens is 328 g/mol. The van der Waals surface area contributed by atoms with E-state index in [1.165, 1.54) is 0 Å². The van der Waals surface area contributed by atoms with Gasteiger partial charge in [0, 0.05) is 56.4 Å². The molecule has 0 aliphatic carbocycles. The fourth-order valence-corrected chi connectivity index (χ4v) is 3.67. The standard InChI is InChI=1S/C19H24N6O/c1-2-3-9-23-12-8-21-18(23)15-6-4-10-24(14-15)19(26)16-13-17-20-7-5-11-25(17)22-16/h5,7-8,11-13,15H,2-4,6,9-10,14H2,1H3/t15-/m1/s1. The number of piperidine rings is 1. The second kappa shape index (κ2) is 7.27. The van der Waals surface area contributed by atoms with Gasteiger partial charge in [-0.05, 0) is 25.3 Å². The molecule has 0 spiro atoms. The Morgan fingerprint density at radius 2 is 2.19 bits per heavy atom. The monoisotopic (exact) mass is 352 g/mol. The van der Waals surface area contributed by atoms with Crippen LogP contribution in [-0.2, 0) is 6.54 Å². The molecule has 1 saturated heterocycles. The average Bonchev–Trinajstić information content (AvgIpc) is 3.32. The van der Waals surface area contributed by atoms with Crippen LogP contribution in [0.4, 0.5) is 0 Å². The predicted molar refractivity (Wildman–Crippen MR) is 98.0 cm³/mol. The molecule has 1 fully saturated rings. The van der Waals surface area contributed by atoms with Gasteiger partial charge in [-0.3, -0.25) is 4.79 Å². The Balaban J connectivity index is 1.51. The molecule has 4 rings (SSSR count). The number of imidazole rings is 1. The summed E-state index contributed by atoms with van der Waals surface area (Å²) in [4.78, 5) is 23.7. The van der Waals surface area contributed by atoms with Crippen molar-refractivity contribution in [3.63, 3.8) is 0 Å². The molecule has 1 aliphatic rings. The number of aromatic nitrogens is 5. The summed E-state index contributed by atoms with van der Waals surface area (Å²) in [6.07, 6.45) is 11.8. The highest BCUT2D eigenvalue weighted by Gasteiger charge is 2.29. The van der Waals surface area contributed by atoms with Crippen molar-refractivity contribution in [2.45, 2.75) is 45.1 Å². The predicted octanol–water partition coefficient (Wildman–Crippen LogP) is 2.75. The number of unbranched alkanes of at least 4 members (excludes halogenated alkanes) is 1. The highest BCUT2D eigenvalue weighted by molar-refractivity contribution is 5.93. The van der Waals surface area contributed by atoms with Gasteiger partial charge < -0.3 is 9.47 Å². The molecule has 0 saturated carbocycles. The molecule has 136 valence electrons. The van der Waals surface area contributed by atoms with Crippen LogP contribution in [-0.4, -0.2) is 48.0 Å². The number of carbonyl (C=O) groups excluding carboxylic acids is 1. The number of carbonyl (C=O) groups is 1. The smallest absolute Gasteiger partial charge is 0.274 e. The molecule has 0 bridgehead atoms. The van der Waals surface area contributed by atoms with Crippen molar-refractivity contribution in [1.82, 2.24) is 29.0 Å². The molecule has 0 aromatic carbocycles. The van der Waals surface area contributed by atoms with E-state index in [9.17, 15) is 4.79 Å². The minimum Gasteiger partial charge on any atom is -0.337 e. The molecule has 7 nitrogen and oxygen atoms in total. The average molecular weight is 352 g/mol. The largest absolute Gasteiger partial charge is 0.337 e. The van der Waals surface area contributed by atoms with E-state index in [1.54, 1.807) is 22.8 Å². The van der Waals surface area contributed by atoms with E-state index < -0.39 is 0 Å². The van der Waals surface area contributed by atoms with Crippen molar-refractivity contribution in [2.24, 2.45) is 0 Å². The van der Waals surface area contributed by atoms with Crippen LogP contribution in [0.3, 0.4) is 0 Å². The molecule has 7 heteroatoms. The van der Waals surface area contributed by atoms with Gasteiger partial charge in [0.1, 0.15) is 5.82 Å². The number of amides is 1. The Morgan fingerprint density at radius 1 is 1.27 bits per heavy atom. The quantitative estimate of drug-likeness (QED) is 0.708. The molecule has 1 atom stereocenters. The van der Waals surface area contributed by atoms with Crippen molar-refractivity contribution in [3.05, 3.63) is 48.4 Å².